The number of carbonyl (C=O) groups is 1. The smallest absolute Gasteiger partial charge is 0.330 e. The van der Waals surface area contributed by atoms with E-state index in [9.17, 15) is 9.90 Å². The van der Waals surface area contributed by atoms with Gasteiger partial charge in [-0.1, -0.05) is 17.7 Å². The fraction of sp³-hybridized carbons (Fsp3) is 0.286. The van der Waals surface area contributed by atoms with Crippen LogP contribution in [0.25, 0.3) is 0 Å². The molecular weight excluding hydrogens is 242 g/mol. The monoisotopic (exact) mass is 259 g/mol. The van der Waals surface area contributed by atoms with Crippen LogP contribution in [0.1, 0.15) is 24.1 Å². The van der Waals surface area contributed by atoms with Crippen LogP contribution >= 0.6 is 0 Å². The molecule has 19 heavy (non-hydrogen) atoms. The molecule has 0 saturated carbocycles. The Morgan fingerprint density at radius 1 is 1.42 bits per heavy atom. The molecule has 5 nitrogen and oxygen atoms in total. The molecule has 0 radical (unpaired) electrons. The largest absolute Gasteiger partial charge is 0.479 e. The van der Waals surface area contributed by atoms with Gasteiger partial charge in [0, 0.05) is 24.0 Å². The topological polar surface area (TPSA) is 67.2 Å². The number of nitrogens with one attached hydrogen (secondary N) is 1. The van der Waals surface area contributed by atoms with Crippen molar-refractivity contribution in [1.29, 1.82) is 0 Å². The number of nitrogens with zero attached hydrogens (tertiary/aromatic N) is 2. The number of aliphatic carboxylic acids is 1. The summed E-state index contributed by atoms with van der Waals surface area (Å²) in [6.07, 6.45) is 3.34. The summed E-state index contributed by atoms with van der Waals surface area (Å²) in [7, 11) is 0. The second-order valence-corrected chi connectivity index (χ2v) is 4.41. The maximum absolute atomic E-state index is 11.4. The molecule has 1 aromatic heterocycles. The van der Waals surface area contributed by atoms with E-state index in [2.05, 4.69) is 10.4 Å². The Bertz CT molecular complexity index is 560. The van der Waals surface area contributed by atoms with Crippen molar-refractivity contribution in [3.8, 4) is 0 Å². The van der Waals surface area contributed by atoms with E-state index in [4.69, 9.17) is 0 Å². The van der Waals surface area contributed by atoms with Gasteiger partial charge in [0.05, 0.1) is 6.20 Å². The highest BCUT2D eigenvalue weighted by Gasteiger charge is 2.21. The molecule has 0 saturated heterocycles. The molecule has 5 heteroatoms. The van der Waals surface area contributed by atoms with Gasteiger partial charge in [-0.3, -0.25) is 4.68 Å². The Morgan fingerprint density at radius 3 is 2.63 bits per heavy atom. The van der Waals surface area contributed by atoms with E-state index in [-0.39, 0.29) is 0 Å². The van der Waals surface area contributed by atoms with E-state index in [0.717, 1.165) is 17.8 Å². The lowest BCUT2D eigenvalue weighted by atomic mass is 10.1. The lowest BCUT2D eigenvalue weighted by Gasteiger charge is -2.14. The van der Waals surface area contributed by atoms with Crippen molar-refractivity contribution in [2.24, 2.45) is 0 Å². The van der Waals surface area contributed by atoms with E-state index in [0.29, 0.717) is 5.56 Å². The third kappa shape index (κ3) is 3.13. The number of carboxylic acid groups (broad SMARTS) is 1. The maximum atomic E-state index is 11.4. The first kappa shape index (κ1) is 13.1. The number of hydrogen-bond acceptors (Lipinski definition) is 3. The van der Waals surface area contributed by atoms with Crippen molar-refractivity contribution in [2.75, 3.05) is 5.32 Å². The third-order valence-electron chi connectivity index (χ3n) is 2.92. The predicted molar refractivity (Wildman–Crippen MR) is 73.1 cm³/mol. The highest BCUT2D eigenvalue weighted by molar-refractivity contribution is 5.79. The first-order chi connectivity index (χ1) is 9.10. The second-order valence-electron chi connectivity index (χ2n) is 4.41. The average molecular weight is 259 g/mol. The van der Waals surface area contributed by atoms with Gasteiger partial charge in [0.1, 0.15) is 0 Å². The standard InChI is InChI=1S/C14H17N3O2/c1-3-17-9-11(8-15-17)13(14(18)19)16-12-6-4-10(2)5-7-12/h4-9,13,16H,3H2,1-2H3,(H,18,19). The SMILES string of the molecule is CCn1cc(C(Nc2ccc(C)cc2)C(=O)O)cn1. The van der Waals surface area contributed by atoms with E-state index < -0.39 is 12.0 Å². The summed E-state index contributed by atoms with van der Waals surface area (Å²) in [6, 6.07) is 6.83. The lowest BCUT2D eigenvalue weighted by Crippen LogP contribution is -2.20. The van der Waals surface area contributed by atoms with Crippen LogP contribution in [0.2, 0.25) is 0 Å². The molecule has 0 spiro atoms. The van der Waals surface area contributed by atoms with Crippen LogP contribution in [0.3, 0.4) is 0 Å². The third-order valence-corrected chi connectivity index (χ3v) is 2.92. The van der Waals surface area contributed by atoms with Crippen molar-refractivity contribution in [1.82, 2.24) is 9.78 Å². The zero-order valence-electron chi connectivity index (χ0n) is 11.0. The molecule has 100 valence electrons. The van der Waals surface area contributed by atoms with E-state index in [1.54, 1.807) is 17.1 Å². The predicted octanol–water partition coefficient (Wildman–Crippen LogP) is 2.45. The zero-order chi connectivity index (χ0) is 13.8. The Balaban J connectivity index is 2.21. The highest BCUT2D eigenvalue weighted by atomic mass is 16.4. The minimum absolute atomic E-state index is 0.648. The Morgan fingerprint density at radius 2 is 2.11 bits per heavy atom. The molecule has 0 aliphatic carbocycles. The lowest BCUT2D eigenvalue weighted by molar-refractivity contribution is -0.138. The van der Waals surface area contributed by atoms with Crippen molar-refractivity contribution in [2.45, 2.75) is 26.4 Å². The van der Waals surface area contributed by atoms with Gasteiger partial charge in [0.25, 0.3) is 0 Å². The molecule has 1 heterocycles. The first-order valence-corrected chi connectivity index (χ1v) is 6.18. The quantitative estimate of drug-likeness (QED) is 0.865. The van der Waals surface area contributed by atoms with E-state index >= 15 is 0 Å². The normalized spacial score (nSPS) is 12.1. The van der Waals surface area contributed by atoms with Crippen LogP contribution in [0.15, 0.2) is 36.7 Å². The summed E-state index contributed by atoms with van der Waals surface area (Å²) in [5.74, 6) is -0.920. The summed E-state index contributed by atoms with van der Waals surface area (Å²) in [5, 5.41) is 16.4. The zero-order valence-corrected chi connectivity index (χ0v) is 11.0. The number of hydrogen-bond donors (Lipinski definition) is 2. The highest BCUT2D eigenvalue weighted by Crippen LogP contribution is 2.20. The van der Waals surface area contributed by atoms with Gasteiger partial charge in [-0.2, -0.15) is 5.10 Å². The number of anilines is 1. The van der Waals surface area contributed by atoms with Gasteiger partial charge in [-0.15, -0.1) is 0 Å². The molecule has 2 aromatic rings. The number of benzene rings is 1. The fourth-order valence-electron chi connectivity index (χ4n) is 1.81. The molecule has 0 fully saturated rings. The molecule has 1 unspecified atom stereocenters. The molecule has 2 rings (SSSR count). The Labute approximate surface area is 111 Å². The van der Waals surface area contributed by atoms with Crippen LogP contribution < -0.4 is 5.32 Å². The summed E-state index contributed by atoms with van der Waals surface area (Å²) in [5.41, 5.74) is 2.56. The fourth-order valence-corrected chi connectivity index (χ4v) is 1.81. The molecule has 2 N–H and O–H groups in total. The van der Waals surface area contributed by atoms with Gasteiger partial charge in [-0.05, 0) is 26.0 Å². The van der Waals surface area contributed by atoms with Crippen molar-refractivity contribution >= 4 is 11.7 Å². The molecule has 1 aromatic carbocycles. The molecule has 0 aliphatic heterocycles. The molecule has 0 aliphatic rings. The second kappa shape index (κ2) is 5.56. The van der Waals surface area contributed by atoms with Gasteiger partial charge in [0.15, 0.2) is 6.04 Å². The molecular formula is C14H17N3O2. The van der Waals surface area contributed by atoms with Crippen LogP contribution in [0.4, 0.5) is 5.69 Å². The van der Waals surface area contributed by atoms with E-state index in [1.807, 2.05) is 38.1 Å². The van der Waals surface area contributed by atoms with Crippen molar-refractivity contribution in [3.63, 3.8) is 0 Å². The molecule has 0 amide bonds. The maximum Gasteiger partial charge on any atom is 0.330 e. The van der Waals surface area contributed by atoms with Crippen LogP contribution in [-0.4, -0.2) is 20.9 Å². The first-order valence-electron chi connectivity index (χ1n) is 6.18. The summed E-state index contributed by atoms with van der Waals surface area (Å²) >= 11 is 0. The van der Waals surface area contributed by atoms with Gasteiger partial charge < -0.3 is 10.4 Å². The minimum atomic E-state index is -0.920. The average Bonchev–Trinajstić information content (AvgIpc) is 2.86. The van der Waals surface area contributed by atoms with Crippen molar-refractivity contribution < 1.29 is 9.90 Å². The Hall–Kier alpha value is -2.30. The van der Waals surface area contributed by atoms with Crippen LogP contribution in [0.5, 0.6) is 0 Å². The van der Waals surface area contributed by atoms with Gasteiger partial charge in [0.2, 0.25) is 0 Å². The number of aryl methyl sites for hydroxylation is 2. The summed E-state index contributed by atoms with van der Waals surface area (Å²) in [4.78, 5) is 11.4. The van der Waals surface area contributed by atoms with Gasteiger partial charge in [-0.25, -0.2) is 4.79 Å². The number of aromatic nitrogens is 2. The number of carboxylic acids is 1. The Kier molecular flexibility index (Phi) is 3.85. The summed E-state index contributed by atoms with van der Waals surface area (Å²) in [6.45, 7) is 4.67. The minimum Gasteiger partial charge on any atom is -0.479 e. The molecule has 0 bridgehead atoms. The van der Waals surface area contributed by atoms with Crippen molar-refractivity contribution in [3.05, 3.63) is 47.8 Å². The van der Waals surface area contributed by atoms with Gasteiger partial charge >= 0.3 is 5.97 Å². The van der Waals surface area contributed by atoms with Crippen LogP contribution in [0, 0.1) is 6.92 Å². The van der Waals surface area contributed by atoms with E-state index in [1.165, 1.54) is 0 Å². The molecule has 1 atom stereocenters. The van der Waals surface area contributed by atoms with Crippen LogP contribution in [-0.2, 0) is 11.3 Å². The summed E-state index contributed by atoms with van der Waals surface area (Å²) < 4.78 is 1.71. The number of rotatable bonds is 5.